The van der Waals surface area contributed by atoms with Crippen molar-refractivity contribution < 1.29 is 13.9 Å². The van der Waals surface area contributed by atoms with Gasteiger partial charge in [-0.3, -0.25) is 0 Å². The van der Waals surface area contributed by atoms with E-state index in [1.807, 2.05) is 26.0 Å². The van der Waals surface area contributed by atoms with E-state index >= 15 is 0 Å². The lowest BCUT2D eigenvalue weighted by molar-refractivity contribution is 0.266. The number of aryl methyl sites for hydroxylation is 1. The number of anilines is 1. The van der Waals surface area contributed by atoms with Gasteiger partial charge in [0, 0.05) is 5.56 Å². The molecule has 1 aromatic heterocycles. The first-order valence-electron chi connectivity index (χ1n) is 8.55. The van der Waals surface area contributed by atoms with Gasteiger partial charge >= 0.3 is 0 Å². The van der Waals surface area contributed by atoms with Gasteiger partial charge in [-0.15, -0.1) is 0 Å². The van der Waals surface area contributed by atoms with Crippen LogP contribution in [-0.2, 0) is 6.61 Å². The summed E-state index contributed by atoms with van der Waals surface area (Å²) in [6, 6.07) is 11.9. The summed E-state index contributed by atoms with van der Waals surface area (Å²) in [5.74, 6) is 1.12. The Labute approximate surface area is 157 Å². The van der Waals surface area contributed by atoms with E-state index in [0.717, 1.165) is 11.3 Å². The fourth-order valence-corrected chi connectivity index (χ4v) is 2.49. The maximum Gasteiger partial charge on any atom is 0.221 e. The van der Waals surface area contributed by atoms with Crippen molar-refractivity contribution in [2.45, 2.75) is 20.5 Å². The minimum Gasteiger partial charge on any atom is -0.490 e. The molecule has 0 aliphatic rings. The van der Waals surface area contributed by atoms with Gasteiger partial charge in [0.05, 0.1) is 24.7 Å². The zero-order valence-corrected chi connectivity index (χ0v) is 15.2. The van der Waals surface area contributed by atoms with Gasteiger partial charge in [0.25, 0.3) is 0 Å². The molecule has 0 aliphatic heterocycles. The molecular weight excluding hydrogens is 347 g/mol. The molecule has 27 heavy (non-hydrogen) atoms. The average Bonchev–Trinajstić information content (AvgIpc) is 2.98. The quantitative estimate of drug-likeness (QED) is 0.644. The lowest BCUT2D eigenvalue weighted by Gasteiger charge is -2.13. The highest BCUT2D eigenvalue weighted by Crippen LogP contribution is 2.29. The molecular formula is C20H21FN4O2. The molecule has 0 atom stereocenters. The van der Waals surface area contributed by atoms with Crippen LogP contribution in [-0.4, -0.2) is 22.5 Å². The zero-order chi connectivity index (χ0) is 19.2. The van der Waals surface area contributed by atoms with E-state index in [4.69, 9.17) is 15.2 Å². The number of imidazole rings is 1. The predicted octanol–water partition coefficient (Wildman–Crippen LogP) is 3.77. The van der Waals surface area contributed by atoms with E-state index in [2.05, 4.69) is 10.1 Å². The van der Waals surface area contributed by atoms with Crippen molar-refractivity contribution >= 4 is 12.2 Å². The Balaban J connectivity index is 1.78. The van der Waals surface area contributed by atoms with E-state index in [-0.39, 0.29) is 12.4 Å². The molecule has 0 fully saturated rings. The van der Waals surface area contributed by atoms with Crippen molar-refractivity contribution in [3.05, 3.63) is 71.3 Å². The highest BCUT2D eigenvalue weighted by atomic mass is 19.1. The minimum absolute atomic E-state index is 0.116. The average molecular weight is 368 g/mol. The lowest BCUT2D eigenvalue weighted by Crippen LogP contribution is -2.02. The summed E-state index contributed by atoms with van der Waals surface area (Å²) in [6.07, 6.45) is 3.39. The molecule has 0 saturated heterocycles. The molecule has 140 valence electrons. The SMILES string of the molecule is CCOc1cc(C=Nn2cc(C)nc2N)ccc1OCc1ccccc1F. The van der Waals surface area contributed by atoms with Crippen LogP contribution in [0.2, 0.25) is 0 Å². The van der Waals surface area contributed by atoms with Gasteiger partial charge in [-0.25, -0.2) is 14.1 Å². The van der Waals surface area contributed by atoms with Crippen LogP contribution in [0.5, 0.6) is 11.5 Å². The fourth-order valence-electron chi connectivity index (χ4n) is 2.49. The number of benzene rings is 2. The lowest BCUT2D eigenvalue weighted by atomic mass is 10.2. The number of halogens is 1. The van der Waals surface area contributed by atoms with Gasteiger partial charge < -0.3 is 15.2 Å². The first-order chi connectivity index (χ1) is 13.1. The second-order valence-corrected chi connectivity index (χ2v) is 5.85. The number of nitrogens with zero attached hydrogens (tertiary/aromatic N) is 3. The van der Waals surface area contributed by atoms with Crippen LogP contribution in [0.1, 0.15) is 23.7 Å². The van der Waals surface area contributed by atoms with Gasteiger partial charge in [0.15, 0.2) is 11.5 Å². The third kappa shape index (κ3) is 4.63. The third-order valence-electron chi connectivity index (χ3n) is 3.77. The molecule has 0 unspecified atom stereocenters. The topological polar surface area (TPSA) is 74.7 Å². The molecule has 7 heteroatoms. The smallest absolute Gasteiger partial charge is 0.221 e. The van der Waals surface area contributed by atoms with Crippen LogP contribution in [0.4, 0.5) is 10.3 Å². The molecule has 6 nitrogen and oxygen atoms in total. The Morgan fingerprint density at radius 1 is 1.19 bits per heavy atom. The Hall–Kier alpha value is -3.35. The number of hydrogen-bond donors (Lipinski definition) is 1. The summed E-state index contributed by atoms with van der Waals surface area (Å²) >= 11 is 0. The second kappa shape index (κ2) is 8.35. The van der Waals surface area contributed by atoms with Crippen molar-refractivity contribution in [2.75, 3.05) is 12.3 Å². The number of nitrogen functional groups attached to an aromatic ring is 1. The van der Waals surface area contributed by atoms with E-state index < -0.39 is 0 Å². The van der Waals surface area contributed by atoms with Crippen molar-refractivity contribution in [3.8, 4) is 11.5 Å². The van der Waals surface area contributed by atoms with Crippen LogP contribution in [0, 0.1) is 12.7 Å². The maximum atomic E-state index is 13.8. The van der Waals surface area contributed by atoms with Crippen LogP contribution in [0.3, 0.4) is 0 Å². The normalized spacial score (nSPS) is 11.1. The Morgan fingerprint density at radius 3 is 2.70 bits per heavy atom. The van der Waals surface area contributed by atoms with E-state index in [0.29, 0.717) is 29.6 Å². The fraction of sp³-hybridized carbons (Fsp3) is 0.200. The Kier molecular flexibility index (Phi) is 5.71. The van der Waals surface area contributed by atoms with Crippen molar-refractivity contribution in [2.24, 2.45) is 5.10 Å². The number of rotatable bonds is 7. The number of aromatic nitrogens is 2. The van der Waals surface area contributed by atoms with Crippen LogP contribution in [0.15, 0.2) is 53.8 Å². The van der Waals surface area contributed by atoms with E-state index in [9.17, 15) is 4.39 Å². The second-order valence-electron chi connectivity index (χ2n) is 5.85. The van der Waals surface area contributed by atoms with Crippen molar-refractivity contribution in [1.29, 1.82) is 0 Å². The van der Waals surface area contributed by atoms with Crippen LogP contribution >= 0.6 is 0 Å². The standard InChI is InChI=1S/C20H21FN4O2/c1-3-26-19-10-15(11-23-25-12-14(2)24-20(25)22)8-9-18(19)27-13-16-6-4-5-7-17(16)21/h4-12H,3,13H2,1-2H3,(H2,22,24). The molecule has 0 spiro atoms. The summed E-state index contributed by atoms with van der Waals surface area (Å²) in [4.78, 5) is 4.10. The first-order valence-corrected chi connectivity index (χ1v) is 8.55. The van der Waals surface area contributed by atoms with Crippen LogP contribution < -0.4 is 15.2 Å². The van der Waals surface area contributed by atoms with Crippen molar-refractivity contribution in [3.63, 3.8) is 0 Å². The largest absolute Gasteiger partial charge is 0.490 e. The monoisotopic (exact) mass is 368 g/mol. The highest BCUT2D eigenvalue weighted by Gasteiger charge is 2.08. The van der Waals surface area contributed by atoms with E-state index in [1.165, 1.54) is 10.7 Å². The van der Waals surface area contributed by atoms with Gasteiger partial charge in [-0.05, 0) is 43.7 Å². The Bertz CT molecular complexity index is 953. The van der Waals surface area contributed by atoms with Gasteiger partial charge in [-0.1, -0.05) is 18.2 Å². The molecule has 0 bridgehead atoms. The number of ether oxygens (including phenoxy) is 2. The number of hydrogen-bond acceptors (Lipinski definition) is 5. The molecule has 2 N–H and O–H groups in total. The summed E-state index contributed by atoms with van der Waals surface area (Å²) < 4.78 is 26.7. The molecule has 3 aromatic rings. The first kappa shape index (κ1) is 18.4. The molecule has 2 aromatic carbocycles. The highest BCUT2D eigenvalue weighted by molar-refractivity contribution is 5.81. The molecule has 3 rings (SSSR count). The zero-order valence-electron chi connectivity index (χ0n) is 15.2. The molecule has 1 heterocycles. The summed E-state index contributed by atoms with van der Waals surface area (Å²) in [7, 11) is 0. The van der Waals surface area contributed by atoms with Crippen LogP contribution in [0.25, 0.3) is 0 Å². The minimum atomic E-state index is -0.299. The Morgan fingerprint density at radius 2 is 2.00 bits per heavy atom. The van der Waals surface area contributed by atoms with Crippen molar-refractivity contribution in [1.82, 2.24) is 9.66 Å². The molecule has 0 amide bonds. The van der Waals surface area contributed by atoms with Gasteiger partial charge in [0.1, 0.15) is 12.4 Å². The molecule has 0 aliphatic carbocycles. The van der Waals surface area contributed by atoms with E-state index in [1.54, 1.807) is 36.7 Å². The summed E-state index contributed by atoms with van der Waals surface area (Å²) in [5, 5.41) is 4.29. The molecule has 0 radical (unpaired) electrons. The summed E-state index contributed by atoms with van der Waals surface area (Å²) in [6.45, 7) is 4.32. The van der Waals surface area contributed by atoms with Gasteiger partial charge in [0.2, 0.25) is 5.95 Å². The maximum absolute atomic E-state index is 13.8. The summed E-state index contributed by atoms with van der Waals surface area (Å²) in [5.41, 5.74) is 7.86. The van der Waals surface area contributed by atoms with Gasteiger partial charge in [-0.2, -0.15) is 5.10 Å². The predicted molar refractivity (Wildman–Crippen MR) is 103 cm³/mol. The number of nitrogens with two attached hydrogens (primary N) is 1. The molecule has 0 saturated carbocycles. The third-order valence-corrected chi connectivity index (χ3v) is 3.77.